The van der Waals surface area contributed by atoms with E-state index in [0.717, 1.165) is 65.9 Å². The zero-order chi connectivity index (χ0) is 25.4. The number of alkyl halides is 3. The van der Waals surface area contributed by atoms with Gasteiger partial charge in [0.05, 0.1) is 23.1 Å². The van der Waals surface area contributed by atoms with Crippen molar-refractivity contribution in [2.24, 2.45) is 7.05 Å². The number of anilines is 3. The number of carbonyl (C=O) groups excluding carboxylic acids is 1. The lowest BCUT2D eigenvalue weighted by Gasteiger charge is -2.23. The number of rotatable bonds is 4. The van der Waals surface area contributed by atoms with Crippen LogP contribution in [0.2, 0.25) is 0 Å². The van der Waals surface area contributed by atoms with E-state index in [1.807, 2.05) is 37.1 Å². The van der Waals surface area contributed by atoms with Gasteiger partial charge in [0.25, 0.3) is 0 Å². The van der Waals surface area contributed by atoms with Gasteiger partial charge in [-0.1, -0.05) is 12.1 Å². The van der Waals surface area contributed by atoms with Gasteiger partial charge in [-0.15, -0.1) is 0 Å². The Kier molecular flexibility index (Phi) is 6.03. The normalized spacial score (nSPS) is 13.9. The van der Waals surface area contributed by atoms with Crippen LogP contribution in [0.3, 0.4) is 0 Å². The van der Waals surface area contributed by atoms with Crippen LogP contribution in [0, 0.1) is 6.92 Å². The highest BCUT2D eigenvalue weighted by atomic mass is 19.4. The Morgan fingerprint density at radius 2 is 1.72 bits per heavy atom. The van der Waals surface area contributed by atoms with Crippen molar-refractivity contribution in [1.29, 1.82) is 0 Å². The number of nitrogens with zero attached hydrogens (tertiary/aromatic N) is 4. The van der Waals surface area contributed by atoms with Crippen LogP contribution < -0.4 is 15.5 Å². The number of fused-ring (bicyclic) bond motifs is 1. The predicted octanol–water partition coefficient (Wildman–Crippen LogP) is 6.21. The van der Waals surface area contributed by atoms with Gasteiger partial charge in [0.15, 0.2) is 5.65 Å². The lowest BCUT2D eigenvalue weighted by molar-refractivity contribution is -0.137. The van der Waals surface area contributed by atoms with Gasteiger partial charge in [-0.05, 0) is 67.3 Å². The van der Waals surface area contributed by atoms with E-state index in [0.29, 0.717) is 11.4 Å². The highest BCUT2D eigenvalue weighted by Gasteiger charge is 2.32. The first-order valence-electron chi connectivity index (χ1n) is 11.6. The summed E-state index contributed by atoms with van der Waals surface area (Å²) in [4.78, 5) is 19.3. The van der Waals surface area contributed by atoms with E-state index in [1.165, 1.54) is 6.07 Å². The molecule has 1 aliphatic heterocycles. The molecule has 3 heterocycles. The molecule has 2 amide bonds. The van der Waals surface area contributed by atoms with Gasteiger partial charge >= 0.3 is 12.2 Å². The molecule has 1 saturated heterocycles. The Bertz CT molecular complexity index is 1420. The van der Waals surface area contributed by atoms with Crippen LogP contribution in [0.15, 0.2) is 54.7 Å². The zero-order valence-electron chi connectivity index (χ0n) is 19.9. The number of pyridine rings is 1. The minimum absolute atomic E-state index is 0.132. The summed E-state index contributed by atoms with van der Waals surface area (Å²) >= 11 is 0. The highest BCUT2D eigenvalue weighted by molar-refractivity contribution is 6.02. The number of hydrogen-bond donors (Lipinski definition) is 2. The van der Waals surface area contributed by atoms with Gasteiger partial charge in [-0.3, -0.25) is 4.68 Å². The maximum Gasteiger partial charge on any atom is 0.416 e. The molecule has 2 aromatic carbocycles. The molecule has 2 N–H and O–H groups in total. The van der Waals surface area contributed by atoms with Crippen molar-refractivity contribution in [3.8, 4) is 11.1 Å². The van der Waals surface area contributed by atoms with Crippen molar-refractivity contribution in [3.63, 3.8) is 0 Å². The second-order valence-electron chi connectivity index (χ2n) is 8.90. The molecule has 7 nitrogen and oxygen atoms in total. The van der Waals surface area contributed by atoms with Gasteiger partial charge in [-0.25, -0.2) is 9.78 Å². The summed E-state index contributed by atoms with van der Waals surface area (Å²) in [6.07, 6.45) is -0.816. The van der Waals surface area contributed by atoms with E-state index in [4.69, 9.17) is 0 Å². The molecule has 1 aliphatic rings. The first-order chi connectivity index (χ1) is 17.2. The Hall–Kier alpha value is -4.08. The number of nitrogens with one attached hydrogen (secondary N) is 2. The maximum absolute atomic E-state index is 13.3. The fourth-order valence-electron chi connectivity index (χ4n) is 4.54. The molecular weight excluding hydrogens is 469 g/mol. The number of hydrogen-bond acceptors (Lipinski definition) is 4. The second-order valence-corrected chi connectivity index (χ2v) is 8.90. The molecule has 2 aromatic heterocycles. The smallest absolute Gasteiger partial charge is 0.370 e. The van der Waals surface area contributed by atoms with Crippen molar-refractivity contribution in [1.82, 2.24) is 14.8 Å². The average Bonchev–Trinajstić information content (AvgIpc) is 3.49. The number of urea groups is 1. The molecule has 0 unspecified atom stereocenters. The SMILES string of the molecule is Cc1cc(-c2ccc(NC(=O)Nc3cc(C(F)(F)F)ccc3N3CCCC3)cc2)c2cnn(C)c2n1. The summed E-state index contributed by atoms with van der Waals surface area (Å²) < 4.78 is 41.7. The van der Waals surface area contributed by atoms with Crippen LogP contribution in [0.4, 0.5) is 35.0 Å². The third kappa shape index (κ3) is 4.71. The standard InChI is InChI=1S/C26H25F3N6O/c1-16-13-20(21-15-30-34(2)24(21)31-16)17-5-8-19(9-6-17)32-25(36)33-22-14-18(26(27,28)29)7-10-23(22)35-11-3-4-12-35/h5-10,13-15H,3-4,11-12H2,1-2H3,(H2,32,33,36). The molecule has 186 valence electrons. The van der Waals surface area contributed by atoms with Crippen LogP contribution in [-0.2, 0) is 13.2 Å². The Morgan fingerprint density at radius 1 is 1.00 bits per heavy atom. The number of aromatic nitrogens is 3. The van der Waals surface area contributed by atoms with Gasteiger partial charge in [0.2, 0.25) is 0 Å². The molecule has 36 heavy (non-hydrogen) atoms. The lowest BCUT2D eigenvalue weighted by atomic mass is 10.0. The number of halogens is 3. The molecule has 5 rings (SSSR count). The first kappa shape index (κ1) is 23.7. The largest absolute Gasteiger partial charge is 0.416 e. The highest BCUT2D eigenvalue weighted by Crippen LogP contribution is 2.37. The van der Waals surface area contributed by atoms with E-state index >= 15 is 0 Å². The zero-order valence-corrected chi connectivity index (χ0v) is 19.9. The molecule has 0 bridgehead atoms. The van der Waals surface area contributed by atoms with Crippen molar-refractivity contribution >= 4 is 34.1 Å². The molecule has 0 saturated carbocycles. The van der Waals surface area contributed by atoms with E-state index in [9.17, 15) is 18.0 Å². The fourth-order valence-corrected chi connectivity index (χ4v) is 4.54. The minimum atomic E-state index is -4.50. The number of carbonyl (C=O) groups is 1. The third-order valence-corrected chi connectivity index (χ3v) is 6.31. The van der Waals surface area contributed by atoms with E-state index in [1.54, 1.807) is 23.0 Å². The van der Waals surface area contributed by atoms with Crippen molar-refractivity contribution < 1.29 is 18.0 Å². The third-order valence-electron chi connectivity index (χ3n) is 6.31. The van der Waals surface area contributed by atoms with Crippen molar-refractivity contribution in [2.45, 2.75) is 25.9 Å². The molecule has 10 heteroatoms. The minimum Gasteiger partial charge on any atom is -0.370 e. The van der Waals surface area contributed by atoms with Crippen LogP contribution in [0.5, 0.6) is 0 Å². The Morgan fingerprint density at radius 3 is 2.42 bits per heavy atom. The first-order valence-corrected chi connectivity index (χ1v) is 11.6. The number of aryl methyl sites for hydroxylation is 2. The van der Waals surface area contributed by atoms with Gasteiger partial charge in [0.1, 0.15) is 0 Å². The lowest BCUT2D eigenvalue weighted by Crippen LogP contribution is -2.24. The summed E-state index contributed by atoms with van der Waals surface area (Å²) in [6, 6.07) is 12.1. The van der Waals surface area contributed by atoms with Crippen LogP contribution in [-0.4, -0.2) is 33.9 Å². The Balaban J connectivity index is 1.36. The summed E-state index contributed by atoms with van der Waals surface area (Å²) in [5, 5.41) is 10.5. The quantitative estimate of drug-likeness (QED) is 0.354. The summed E-state index contributed by atoms with van der Waals surface area (Å²) in [6.45, 7) is 3.39. The van der Waals surface area contributed by atoms with Gasteiger partial charge in [0, 0.05) is 36.9 Å². The number of amides is 2. The monoisotopic (exact) mass is 494 g/mol. The van der Waals surface area contributed by atoms with E-state index < -0.39 is 17.8 Å². The summed E-state index contributed by atoms with van der Waals surface area (Å²) in [5.41, 5.74) is 3.96. The topological polar surface area (TPSA) is 75.1 Å². The molecule has 0 aliphatic carbocycles. The molecule has 0 radical (unpaired) electrons. The molecule has 4 aromatic rings. The number of benzene rings is 2. The molecular formula is C26H25F3N6O. The molecule has 0 spiro atoms. The Labute approximate surface area is 205 Å². The van der Waals surface area contributed by atoms with Crippen LogP contribution >= 0.6 is 0 Å². The van der Waals surface area contributed by atoms with Crippen LogP contribution in [0.25, 0.3) is 22.2 Å². The molecule has 0 atom stereocenters. The van der Waals surface area contributed by atoms with Gasteiger partial charge in [-0.2, -0.15) is 18.3 Å². The predicted molar refractivity (Wildman–Crippen MR) is 134 cm³/mol. The fraction of sp³-hybridized carbons (Fsp3) is 0.269. The van der Waals surface area contributed by atoms with Gasteiger partial charge < -0.3 is 15.5 Å². The maximum atomic E-state index is 13.3. The van der Waals surface area contributed by atoms with Crippen molar-refractivity contribution in [3.05, 3.63) is 66.0 Å². The van der Waals surface area contributed by atoms with E-state index in [2.05, 4.69) is 20.7 Å². The van der Waals surface area contributed by atoms with E-state index in [-0.39, 0.29) is 5.69 Å². The van der Waals surface area contributed by atoms with Crippen molar-refractivity contribution in [2.75, 3.05) is 28.6 Å². The summed E-state index contributed by atoms with van der Waals surface area (Å²) in [5.74, 6) is 0. The van der Waals surface area contributed by atoms with Crippen LogP contribution in [0.1, 0.15) is 24.1 Å². The average molecular weight is 495 g/mol. The molecule has 1 fully saturated rings. The second kappa shape index (κ2) is 9.18. The summed E-state index contributed by atoms with van der Waals surface area (Å²) in [7, 11) is 1.84.